The number of rotatable bonds is 2. The monoisotopic (exact) mass is 197 g/mol. The fourth-order valence-corrected chi connectivity index (χ4v) is 2.54. The molecule has 1 aliphatic rings. The Morgan fingerprint density at radius 3 is 2.77 bits per heavy atom. The van der Waals surface area contributed by atoms with E-state index in [0.29, 0.717) is 11.3 Å². The summed E-state index contributed by atoms with van der Waals surface area (Å²) in [4.78, 5) is 12.9. The van der Waals surface area contributed by atoms with Crippen LogP contribution < -0.4 is 0 Å². The second-order valence-electron chi connectivity index (χ2n) is 3.38. The van der Waals surface area contributed by atoms with E-state index >= 15 is 0 Å². The van der Waals surface area contributed by atoms with Crippen molar-refractivity contribution in [2.45, 2.75) is 30.6 Å². The van der Waals surface area contributed by atoms with E-state index in [1.54, 1.807) is 11.9 Å². The van der Waals surface area contributed by atoms with Gasteiger partial charge in [0.1, 0.15) is 0 Å². The van der Waals surface area contributed by atoms with Gasteiger partial charge in [0.15, 0.2) is 0 Å². The van der Waals surface area contributed by atoms with Gasteiger partial charge in [0.25, 0.3) is 5.91 Å². The molecule has 2 nitrogen and oxygen atoms in total. The minimum absolute atomic E-state index is 0.188. The standard InChI is InChI=1S/C10H15NOS/c1-4-10(12)11(2)8-5-6-9(7-8)13-3/h1,8-9H,5-7H2,2-3H3. The number of nitrogens with zero attached hydrogens (tertiary/aromatic N) is 1. The highest BCUT2D eigenvalue weighted by Gasteiger charge is 2.28. The Bertz CT molecular complexity index is 234. The highest BCUT2D eigenvalue weighted by molar-refractivity contribution is 7.99. The molecule has 1 saturated carbocycles. The SMILES string of the molecule is C#CC(=O)N(C)C1CCC(SC)C1. The zero-order chi connectivity index (χ0) is 9.84. The lowest BCUT2D eigenvalue weighted by Gasteiger charge is -2.21. The summed E-state index contributed by atoms with van der Waals surface area (Å²) in [6.07, 6.45) is 10.6. The van der Waals surface area contributed by atoms with E-state index in [-0.39, 0.29) is 5.91 Å². The van der Waals surface area contributed by atoms with Crippen LogP contribution in [-0.2, 0) is 4.79 Å². The van der Waals surface area contributed by atoms with Gasteiger partial charge >= 0.3 is 0 Å². The molecule has 3 heteroatoms. The maximum atomic E-state index is 11.2. The Hall–Kier alpha value is -0.620. The van der Waals surface area contributed by atoms with Crippen LogP contribution in [0, 0.1) is 12.3 Å². The van der Waals surface area contributed by atoms with E-state index in [0.717, 1.165) is 12.8 Å². The molecule has 72 valence electrons. The van der Waals surface area contributed by atoms with E-state index in [9.17, 15) is 4.79 Å². The van der Waals surface area contributed by atoms with Gasteiger partial charge < -0.3 is 4.90 Å². The second-order valence-corrected chi connectivity index (χ2v) is 4.52. The van der Waals surface area contributed by atoms with Crippen LogP contribution in [0.25, 0.3) is 0 Å². The fourth-order valence-electron chi connectivity index (χ4n) is 1.75. The minimum Gasteiger partial charge on any atom is -0.332 e. The molecule has 0 aromatic carbocycles. The molecular weight excluding hydrogens is 182 g/mol. The van der Waals surface area contributed by atoms with Crippen molar-refractivity contribution in [1.82, 2.24) is 4.90 Å². The number of hydrogen-bond acceptors (Lipinski definition) is 2. The quantitative estimate of drug-likeness (QED) is 0.623. The summed E-state index contributed by atoms with van der Waals surface area (Å²) in [6.45, 7) is 0. The number of hydrogen-bond donors (Lipinski definition) is 0. The van der Waals surface area contributed by atoms with Gasteiger partial charge in [0.2, 0.25) is 0 Å². The minimum atomic E-state index is -0.188. The van der Waals surface area contributed by atoms with Crippen LogP contribution in [0.4, 0.5) is 0 Å². The van der Waals surface area contributed by atoms with Gasteiger partial charge in [-0.15, -0.1) is 6.42 Å². The average Bonchev–Trinajstić information content (AvgIpc) is 2.63. The van der Waals surface area contributed by atoms with E-state index in [4.69, 9.17) is 6.42 Å². The lowest BCUT2D eigenvalue weighted by Crippen LogP contribution is -2.34. The summed E-state index contributed by atoms with van der Waals surface area (Å²) in [5, 5.41) is 0.707. The first kappa shape index (κ1) is 10.5. The second kappa shape index (κ2) is 4.57. The van der Waals surface area contributed by atoms with Gasteiger partial charge in [-0.25, -0.2) is 0 Å². The summed E-state index contributed by atoms with van der Waals surface area (Å²) < 4.78 is 0. The van der Waals surface area contributed by atoms with Crippen LogP contribution in [0.5, 0.6) is 0 Å². The van der Waals surface area contributed by atoms with Crippen molar-refractivity contribution in [2.75, 3.05) is 13.3 Å². The van der Waals surface area contributed by atoms with Gasteiger partial charge in [-0.1, -0.05) is 0 Å². The first-order chi connectivity index (χ1) is 6.19. The molecule has 0 aromatic heterocycles. The summed E-state index contributed by atoms with van der Waals surface area (Å²) in [7, 11) is 1.80. The molecule has 2 unspecified atom stereocenters. The van der Waals surface area contributed by atoms with Crippen molar-refractivity contribution >= 4 is 17.7 Å². The Morgan fingerprint density at radius 1 is 1.62 bits per heavy atom. The largest absolute Gasteiger partial charge is 0.332 e. The van der Waals surface area contributed by atoms with Crippen LogP contribution in [0.2, 0.25) is 0 Å². The van der Waals surface area contributed by atoms with Crippen molar-refractivity contribution < 1.29 is 4.79 Å². The van der Waals surface area contributed by atoms with Gasteiger partial charge in [0, 0.05) is 18.3 Å². The molecule has 1 fully saturated rings. The molecule has 0 spiro atoms. The smallest absolute Gasteiger partial charge is 0.298 e. The topological polar surface area (TPSA) is 20.3 Å². The Balaban J connectivity index is 2.47. The lowest BCUT2D eigenvalue weighted by molar-refractivity contribution is -0.125. The van der Waals surface area contributed by atoms with Crippen LogP contribution in [0.1, 0.15) is 19.3 Å². The van der Waals surface area contributed by atoms with Gasteiger partial charge in [-0.05, 0) is 31.4 Å². The molecule has 2 atom stereocenters. The predicted octanol–water partition coefficient (Wildman–Crippen LogP) is 1.36. The number of carbonyl (C=O) groups excluding carboxylic acids is 1. The molecule has 0 bridgehead atoms. The van der Waals surface area contributed by atoms with Gasteiger partial charge in [-0.2, -0.15) is 11.8 Å². The van der Waals surface area contributed by atoms with Crippen molar-refractivity contribution in [1.29, 1.82) is 0 Å². The number of thioether (sulfide) groups is 1. The highest BCUT2D eigenvalue weighted by Crippen LogP contribution is 2.30. The van der Waals surface area contributed by atoms with Crippen molar-refractivity contribution in [3.05, 3.63) is 0 Å². The summed E-state index contributed by atoms with van der Waals surface area (Å²) >= 11 is 1.88. The molecule has 0 heterocycles. The van der Waals surface area contributed by atoms with Crippen LogP contribution in [0.15, 0.2) is 0 Å². The Labute approximate surface area is 84.1 Å². The van der Waals surface area contributed by atoms with Crippen molar-refractivity contribution in [3.63, 3.8) is 0 Å². The highest BCUT2D eigenvalue weighted by atomic mass is 32.2. The van der Waals surface area contributed by atoms with Gasteiger partial charge in [0.05, 0.1) is 0 Å². The summed E-state index contributed by atoms with van der Waals surface area (Å²) in [5.74, 6) is 1.97. The summed E-state index contributed by atoms with van der Waals surface area (Å²) in [6, 6.07) is 0.362. The molecule has 13 heavy (non-hydrogen) atoms. The molecule has 1 amide bonds. The van der Waals surface area contributed by atoms with Crippen LogP contribution >= 0.6 is 11.8 Å². The maximum absolute atomic E-state index is 11.2. The van der Waals surface area contributed by atoms with E-state index in [1.165, 1.54) is 6.42 Å². The van der Waals surface area contributed by atoms with Crippen molar-refractivity contribution in [3.8, 4) is 12.3 Å². The summed E-state index contributed by atoms with van der Waals surface area (Å²) in [5.41, 5.74) is 0. The number of amides is 1. The molecule has 0 aromatic rings. The first-order valence-electron chi connectivity index (χ1n) is 4.45. The maximum Gasteiger partial charge on any atom is 0.298 e. The van der Waals surface area contributed by atoms with E-state index < -0.39 is 0 Å². The molecular formula is C10H15NOS. The van der Waals surface area contributed by atoms with Crippen molar-refractivity contribution in [2.24, 2.45) is 0 Å². The van der Waals surface area contributed by atoms with E-state index in [1.807, 2.05) is 11.8 Å². The van der Waals surface area contributed by atoms with Crippen LogP contribution in [0.3, 0.4) is 0 Å². The third-order valence-electron chi connectivity index (χ3n) is 2.68. The molecule has 0 saturated heterocycles. The molecule has 1 rings (SSSR count). The van der Waals surface area contributed by atoms with Crippen LogP contribution in [-0.4, -0.2) is 35.4 Å². The molecule has 0 N–H and O–H groups in total. The normalized spacial score (nSPS) is 26.8. The molecule has 1 aliphatic carbocycles. The Morgan fingerprint density at radius 2 is 2.31 bits per heavy atom. The molecule has 0 radical (unpaired) electrons. The van der Waals surface area contributed by atoms with E-state index in [2.05, 4.69) is 12.2 Å². The number of terminal acetylenes is 1. The third kappa shape index (κ3) is 2.41. The zero-order valence-electron chi connectivity index (χ0n) is 8.12. The zero-order valence-corrected chi connectivity index (χ0v) is 8.93. The molecule has 0 aliphatic heterocycles. The Kier molecular flexibility index (Phi) is 3.68. The lowest BCUT2D eigenvalue weighted by atomic mass is 10.2. The third-order valence-corrected chi connectivity index (χ3v) is 3.78. The fraction of sp³-hybridized carbons (Fsp3) is 0.700. The average molecular weight is 197 g/mol. The first-order valence-corrected chi connectivity index (χ1v) is 5.74. The number of carbonyl (C=O) groups is 1. The van der Waals surface area contributed by atoms with Gasteiger partial charge in [-0.3, -0.25) is 4.79 Å². The predicted molar refractivity (Wildman–Crippen MR) is 56.5 cm³/mol.